The van der Waals surface area contributed by atoms with Crippen LogP contribution >= 0.6 is 0 Å². The SMILES string of the molecule is CCO/N=C/C1CCCC(C)(C)C1. The lowest BCUT2D eigenvalue weighted by molar-refractivity contribution is 0.155. The molecule has 0 aromatic rings. The minimum absolute atomic E-state index is 0.501. The largest absolute Gasteiger partial charge is 0.396 e. The fourth-order valence-corrected chi connectivity index (χ4v) is 2.09. The van der Waals surface area contributed by atoms with Crippen molar-refractivity contribution in [2.45, 2.75) is 46.5 Å². The van der Waals surface area contributed by atoms with Crippen molar-refractivity contribution >= 4 is 6.21 Å². The first-order chi connectivity index (χ1) is 6.14. The Balaban J connectivity index is 2.34. The van der Waals surface area contributed by atoms with Crippen LogP contribution in [0.25, 0.3) is 0 Å². The topological polar surface area (TPSA) is 21.6 Å². The Morgan fingerprint density at radius 3 is 2.92 bits per heavy atom. The Bertz CT molecular complexity index is 175. The molecule has 1 saturated carbocycles. The summed E-state index contributed by atoms with van der Waals surface area (Å²) < 4.78 is 0. The van der Waals surface area contributed by atoms with Crippen molar-refractivity contribution in [1.29, 1.82) is 0 Å². The molecule has 0 bridgehead atoms. The Hall–Kier alpha value is -0.530. The van der Waals surface area contributed by atoms with Crippen LogP contribution in [0.4, 0.5) is 0 Å². The highest BCUT2D eigenvalue weighted by Gasteiger charge is 2.26. The molecule has 0 radical (unpaired) electrons. The number of oxime groups is 1. The summed E-state index contributed by atoms with van der Waals surface area (Å²) in [4.78, 5) is 4.97. The molecule has 1 unspecified atom stereocenters. The van der Waals surface area contributed by atoms with E-state index in [0.717, 1.165) is 0 Å². The van der Waals surface area contributed by atoms with E-state index in [2.05, 4.69) is 19.0 Å². The second-order valence-electron chi connectivity index (χ2n) is 4.69. The Morgan fingerprint density at radius 2 is 2.31 bits per heavy atom. The highest BCUT2D eigenvalue weighted by molar-refractivity contribution is 5.60. The van der Waals surface area contributed by atoms with Crippen LogP contribution in [0.2, 0.25) is 0 Å². The first-order valence-corrected chi connectivity index (χ1v) is 5.29. The molecule has 0 amide bonds. The number of hydrogen-bond acceptors (Lipinski definition) is 2. The first-order valence-electron chi connectivity index (χ1n) is 5.29. The van der Waals surface area contributed by atoms with E-state index in [9.17, 15) is 0 Å². The summed E-state index contributed by atoms with van der Waals surface area (Å²) in [6, 6.07) is 0. The number of rotatable bonds is 3. The minimum atomic E-state index is 0.501. The van der Waals surface area contributed by atoms with Crippen LogP contribution in [0.1, 0.15) is 46.5 Å². The molecule has 0 aliphatic heterocycles. The zero-order chi connectivity index (χ0) is 9.73. The fourth-order valence-electron chi connectivity index (χ4n) is 2.09. The van der Waals surface area contributed by atoms with E-state index in [1.165, 1.54) is 25.7 Å². The quantitative estimate of drug-likeness (QED) is 0.486. The van der Waals surface area contributed by atoms with E-state index >= 15 is 0 Å². The van der Waals surface area contributed by atoms with Gasteiger partial charge in [-0.15, -0.1) is 0 Å². The van der Waals surface area contributed by atoms with Gasteiger partial charge in [0, 0.05) is 6.21 Å². The predicted molar refractivity (Wildman–Crippen MR) is 55.9 cm³/mol. The summed E-state index contributed by atoms with van der Waals surface area (Å²) in [6.45, 7) is 7.32. The molecule has 2 heteroatoms. The van der Waals surface area contributed by atoms with Crippen molar-refractivity contribution < 1.29 is 4.84 Å². The standard InChI is InChI=1S/C11H21NO/c1-4-13-12-9-10-6-5-7-11(2,3)8-10/h9-10H,4-8H2,1-3H3/b12-9+. The Kier molecular flexibility index (Phi) is 3.76. The van der Waals surface area contributed by atoms with Gasteiger partial charge in [0.2, 0.25) is 0 Å². The van der Waals surface area contributed by atoms with Crippen LogP contribution < -0.4 is 0 Å². The van der Waals surface area contributed by atoms with Gasteiger partial charge < -0.3 is 4.84 Å². The summed E-state index contributed by atoms with van der Waals surface area (Å²) in [5, 5.41) is 3.95. The van der Waals surface area contributed by atoms with Crippen LogP contribution in [0.3, 0.4) is 0 Å². The summed E-state index contributed by atoms with van der Waals surface area (Å²) in [5.41, 5.74) is 0.501. The van der Waals surface area contributed by atoms with E-state index in [1.807, 2.05) is 13.1 Å². The van der Waals surface area contributed by atoms with Gasteiger partial charge in [-0.1, -0.05) is 25.4 Å². The summed E-state index contributed by atoms with van der Waals surface area (Å²) in [7, 11) is 0. The molecule has 0 heterocycles. The third-order valence-electron chi connectivity index (χ3n) is 2.72. The monoisotopic (exact) mass is 183 g/mol. The highest BCUT2D eigenvalue weighted by atomic mass is 16.6. The molecule has 1 atom stereocenters. The van der Waals surface area contributed by atoms with Gasteiger partial charge in [-0.05, 0) is 37.5 Å². The maximum absolute atomic E-state index is 4.97. The summed E-state index contributed by atoms with van der Waals surface area (Å²) >= 11 is 0. The lowest BCUT2D eigenvalue weighted by atomic mass is 9.73. The van der Waals surface area contributed by atoms with Crippen molar-refractivity contribution in [3.05, 3.63) is 0 Å². The fraction of sp³-hybridized carbons (Fsp3) is 0.909. The molecule has 1 rings (SSSR count). The van der Waals surface area contributed by atoms with Crippen LogP contribution in [0.5, 0.6) is 0 Å². The third-order valence-corrected chi connectivity index (χ3v) is 2.72. The van der Waals surface area contributed by atoms with Crippen LogP contribution in [0.15, 0.2) is 5.16 Å². The lowest BCUT2D eigenvalue weighted by Crippen LogP contribution is -2.23. The minimum Gasteiger partial charge on any atom is -0.396 e. The van der Waals surface area contributed by atoms with Gasteiger partial charge in [0.15, 0.2) is 0 Å². The molecule has 0 aromatic heterocycles. The number of nitrogens with zero attached hydrogens (tertiary/aromatic N) is 1. The molecule has 2 nitrogen and oxygen atoms in total. The van der Waals surface area contributed by atoms with Crippen LogP contribution in [-0.4, -0.2) is 12.8 Å². The second kappa shape index (κ2) is 4.64. The van der Waals surface area contributed by atoms with Gasteiger partial charge in [-0.2, -0.15) is 0 Å². The Labute approximate surface area is 81.3 Å². The van der Waals surface area contributed by atoms with Gasteiger partial charge in [-0.3, -0.25) is 0 Å². The molecule has 13 heavy (non-hydrogen) atoms. The van der Waals surface area contributed by atoms with Crippen LogP contribution in [0, 0.1) is 11.3 Å². The van der Waals surface area contributed by atoms with E-state index in [1.54, 1.807) is 0 Å². The molecule has 1 fully saturated rings. The van der Waals surface area contributed by atoms with Gasteiger partial charge in [0.05, 0.1) is 0 Å². The zero-order valence-electron chi connectivity index (χ0n) is 9.05. The molecule has 76 valence electrons. The molecule has 1 aliphatic carbocycles. The second-order valence-corrected chi connectivity index (χ2v) is 4.69. The third kappa shape index (κ3) is 3.79. The van der Waals surface area contributed by atoms with Crippen molar-refractivity contribution in [3.63, 3.8) is 0 Å². The normalized spacial score (nSPS) is 27.8. The first kappa shape index (κ1) is 10.6. The molecule has 0 saturated heterocycles. The van der Waals surface area contributed by atoms with Gasteiger partial charge in [-0.25, -0.2) is 0 Å². The van der Waals surface area contributed by atoms with E-state index in [0.29, 0.717) is 17.9 Å². The lowest BCUT2D eigenvalue weighted by Gasteiger charge is -2.33. The van der Waals surface area contributed by atoms with Crippen LogP contribution in [-0.2, 0) is 4.84 Å². The predicted octanol–water partition coefficient (Wildman–Crippen LogP) is 3.23. The van der Waals surface area contributed by atoms with Crippen molar-refractivity contribution in [1.82, 2.24) is 0 Å². The molecule has 0 spiro atoms. The molecule has 1 aliphatic rings. The highest BCUT2D eigenvalue weighted by Crippen LogP contribution is 2.37. The van der Waals surface area contributed by atoms with Gasteiger partial charge in [0.25, 0.3) is 0 Å². The van der Waals surface area contributed by atoms with E-state index < -0.39 is 0 Å². The molecular formula is C11H21NO. The zero-order valence-corrected chi connectivity index (χ0v) is 9.05. The summed E-state index contributed by atoms with van der Waals surface area (Å²) in [6.07, 6.45) is 7.20. The van der Waals surface area contributed by atoms with Crippen molar-refractivity contribution in [3.8, 4) is 0 Å². The molecular weight excluding hydrogens is 162 g/mol. The van der Waals surface area contributed by atoms with E-state index in [4.69, 9.17) is 4.84 Å². The van der Waals surface area contributed by atoms with Crippen molar-refractivity contribution in [2.24, 2.45) is 16.5 Å². The van der Waals surface area contributed by atoms with Gasteiger partial charge >= 0.3 is 0 Å². The van der Waals surface area contributed by atoms with Crippen molar-refractivity contribution in [2.75, 3.05) is 6.61 Å². The molecule has 0 aromatic carbocycles. The van der Waals surface area contributed by atoms with E-state index in [-0.39, 0.29) is 0 Å². The maximum Gasteiger partial charge on any atom is 0.114 e. The average Bonchev–Trinajstić information content (AvgIpc) is 2.03. The smallest absolute Gasteiger partial charge is 0.114 e. The maximum atomic E-state index is 4.97. The number of hydrogen-bond donors (Lipinski definition) is 0. The summed E-state index contributed by atoms with van der Waals surface area (Å²) in [5.74, 6) is 0.635. The molecule has 0 N–H and O–H groups in total. The average molecular weight is 183 g/mol. The van der Waals surface area contributed by atoms with Gasteiger partial charge in [0.1, 0.15) is 6.61 Å². The Morgan fingerprint density at radius 1 is 1.54 bits per heavy atom.